The summed E-state index contributed by atoms with van der Waals surface area (Å²) in [4.78, 5) is 25.0. The molecule has 0 aromatic heterocycles. The summed E-state index contributed by atoms with van der Waals surface area (Å²) in [7, 11) is 1.39. The van der Waals surface area contributed by atoms with Gasteiger partial charge in [-0.05, 0) is 25.3 Å². The molecule has 3 atom stereocenters. The van der Waals surface area contributed by atoms with Crippen molar-refractivity contribution in [3.63, 3.8) is 0 Å². The van der Waals surface area contributed by atoms with E-state index in [1.54, 1.807) is 12.1 Å². The maximum absolute atomic E-state index is 13.2. The van der Waals surface area contributed by atoms with Gasteiger partial charge in [0.1, 0.15) is 6.54 Å². The smallest absolute Gasteiger partial charge is 0.361 e. The van der Waals surface area contributed by atoms with Gasteiger partial charge >= 0.3 is 11.9 Å². The number of hydrogen-bond acceptors (Lipinski definition) is 5. The number of aliphatic hydroxyl groups is 1. The van der Waals surface area contributed by atoms with Crippen LogP contribution >= 0.6 is 0 Å². The minimum Gasteiger partial charge on any atom is -1.00 e. The second-order valence-electron chi connectivity index (χ2n) is 8.23. The Morgan fingerprint density at radius 3 is 2.41 bits per heavy atom. The number of carbonyl (C=O) groups is 2. The van der Waals surface area contributed by atoms with Gasteiger partial charge in [0.2, 0.25) is 0 Å². The van der Waals surface area contributed by atoms with Crippen molar-refractivity contribution in [1.29, 1.82) is 0 Å². The largest absolute Gasteiger partial charge is 1.00 e. The van der Waals surface area contributed by atoms with Crippen LogP contribution in [0.1, 0.15) is 44.6 Å². The third kappa shape index (κ3) is 5.01. The summed E-state index contributed by atoms with van der Waals surface area (Å²) in [6, 6.07) is 9.16. The minimum atomic E-state index is -1.61. The molecule has 1 aromatic rings. The molecule has 1 saturated carbocycles. The summed E-state index contributed by atoms with van der Waals surface area (Å²) in [5.41, 5.74) is -0.999. The van der Waals surface area contributed by atoms with Crippen molar-refractivity contribution < 1.29 is 45.6 Å². The highest BCUT2D eigenvalue weighted by Crippen LogP contribution is 2.42. The van der Waals surface area contributed by atoms with E-state index in [0.717, 1.165) is 38.8 Å². The Bertz CT molecular complexity index is 694. The van der Waals surface area contributed by atoms with Crippen molar-refractivity contribution in [1.82, 2.24) is 0 Å². The fraction of sp³-hybridized carbons (Fsp3) is 0.636. The van der Waals surface area contributed by atoms with E-state index < -0.39 is 11.6 Å². The van der Waals surface area contributed by atoms with Crippen LogP contribution in [0.4, 0.5) is 0 Å². The number of esters is 2. The van der Waals surface area contributed by atoms with Gasteiger partial charge < -0.3 is 36.0 Å². The number of methoxy groups -OCH3 is 1. The molecule has 0 amide bonds. The Hall–Kier alpha value is -1.44. The molecule has 0 radical (unpaired) electrons. The summed E-state index contributed by atoms with van der Waals surface area (Å²) in [5, 5.41) is 11.5. The zero-order valence-corrected chi connectivity index (χ0v) is 18.9. The van der Waals surface area contributed by atoms with Crippen LogP contribution in [0.2, 0.25) is 0 Å². The number of hydrogen-bond donors (Lipinski definition) is 1. The minimum absolute atomic E-state index is 0. The Kier molecular flexibility index (Phi) is 8.26. The first-order chi connectivity index (χ1) is 13.4. The Morgan fingerprint density at radius 1 is 1.17 bits per heavy atom. The lowest BCUT2D eigenvalue weighted by atomic mass is 9.80. The molecule has 1 saturated heterocycles. The summed E-state index contributed by atoms with van der Waals surface area (Å²) in [5.74, 6) is -0.922. The average molecular weight is 470 g/mol. The van der Waals surface area contributed by atoms with E-state index in [4.69, 9.17) is 9.47 Å². The Morgan fingerprint density at radius 2 is 1.83 bits per heavy atom. The molecular formula is C22H32BrNO5. The second kappa shape index (κ2) is 10.0. The fourth-order valence-electron chi connectivity index (χ4n) is 4.81. The number of quaternary nitrogens is 1. The lowest BCUT2D eigenvalue weighted by Crippen LogP contribution is -3.00. The van der Waals surface area contributed by atoms with Gasteiger partial charge in [-0.1, -0.05) is 43.2 Å². The second-order valence-corrected chi connectivity index (χ2v) is 8.23. The lowest BCUT2D eigenvalue weighted by molar-refractivity contribution is -0.909. The van der Waals surface area contributed by atoms with E-state index in [1.165, 1.54) is 7.11 Å². The van der Waals surface area contributed by atoms with Crippen molar-refractivity contribution in [3.8, 4) is 0 Å². The van der Waals surface area contributed by atoms with E-state index in [0.29, 0.717) is 23.0 Å². The molecule has 0 spiro atoms. The van der Waals surface area contributed by atoms with Crippen molar-refractivity contribution >= 4 is 11.9 Å². The number of ether oxygens (including phenoxy) is 2. The number of rotatable bonds is 7. The molecule has 2 fully saturated rings. The maximum Gasteiger partial charge on any atom is 0.361 e. The number of likely N-dealkylation sites (N-methyl/N-ethyl adjacent to an activating group) is 1. The summed E-state index contributed by atoms with van der Waals surface area (Å²) in [6.07, 6.45) is 4.07. The Balaban J connectivity index is 0.00000300. The van der Waals surface area contributed by atoms with Gasteiger partial charge in [0.25, 0.3) is 0 Å². The van der Waals surface area contributed by atoms with Gasteiger partial charge in [-0.15, -0.1) is 0 Å². The molecule has 162 valence electrons. The third-order valence-corrected chi connectivity index (χ3v) is 6.62. The van der Waals surface area contributed by atoms with Crippen molar-refractivity contribution in [2.24, 2.45) is 5.92 Å². The van der Waals surface area contributed by atoms with Gasteiger partial charge in [0.15, 0.2) is 18.2 Å². The topological polar surface area (TPSA) is 72.8 Å². The Labute approximate surface area is 183 Å². The highest BCUT2D eigenvalue weighted by Gasteiger charge is 2.50. The summed E-state index contributed by atoms with van der Waals surface area (Å²) >= 11 is 0. The van der Waals surface area contributed by atoms with E-state index in [9.17, 15) is 14.7 Å². The molecule has 1 aliphatic carbocycles. The molecule has 7 heteroatoms. The maximum atomic E-state index is 13.2. The van der Waals surface area contributed by atoms with Crippen LogP contribution in [-0.2, 0) is 24.7 Å². The zero-order valence-electron chi connectivity index (χ0n) is 17.3. The molecule has 3 rings (SSSR count). The molecule has 1 aliphatic heterocycles. The predicted octanol–water partition coefficient (Wildman–Crippen LogP) is -0.606. The first-order valence-corrected chi connectivity index (χ1v) is 10.3. The summed E-state index contributed by atoms with van der Waals surface area (Å²) < 4.78 is 11.2. The van der Waals surface area contributed by atoms with Crippen LogP contribution in [0, 0.1) is 5.92 Å². The number of likely N-dealkylation sites (tertiary alicyclic amines) is 1. The quantitative estimate of drug-likeness (QED) is 0.426. The normalized spacial score (nSPS) is 26.4. The SMILES string of the molecule is CC[N+]1(CC(=O)OC)CCC(OC(=O)C(O)(c2ccccc2)C2CCCC2)C1.[Br-]. The third-order valence-electron chi connectivity index (χ3n) is 6.62. The molecule has 3 unspecified atom stereocenters. The monoisotopic (exact) mass is 469 g/mol. The van der Waals surface area contributed by atoms with Gasteiger partial charge in [0.05, 0.1) is 20.2 Å². The van der Waals surface area contributed by atoms with Crippen molar-refractivity contribution in [2.75, 3.05) is 33.3 Å². The van der Waals surface area contributed by atoms with E-state index in [2.05, 4.69) is 0 Å². The van der Waals surface area contributed by atoms with Crippen molar-refractivity contribution in [3.05, 3.63) is 35.9 Å². The standard InChI is InChI=1S/C22H32NO5.BrH/c1-3-23(16-20(24)27-2)14-13-19(15-23)28-21(25)22(26,18-11-7-8-12-18)17-9-5-4-6-10-17;/h4-6,9-10,18-19,26H,3,7-8,11-16H2,1-2H3;1H/q+1;/p-1. The first-order valence-electron chi connectivity index (χ1n) is 10.3. The highest BCUT2D eigenvalue weighted by molar-refractivity contribution is 5.81. The molecule has 0 bridgehead atoms. The average Bonchev–Trinajstić information content (AvgIpc) is 3.39. The number of carbonyl (C=O) groups excluding carboxylic acids is 2. The van der Waals surface area contributed by atoms with Crippen LogP contribution in [0.15, 0.2) is 30.3 Å². The van der Waals surface area contributed by atoms with Crippen LogP contribution in [0.25, 0.3) is 0 Å². The molecule has 29 heavy (non-hydrogen) atoms. The predicted molar refractivity (Wildman–Crippen MR) is 104 cm³/mol. The number of halogens is 1. The van der Waals surface area contributed by atoms with Gasteiger partial charge in [0, 0.05) is 12.3 Å². The molecule has 6 nitrogen and oxygen atoms in total. The van der Waals surface area contributed by atoms with Crippen molar-refractivity contribution in [2.45, 2.75) is 50.7 Å². The number of benzene rings is 1. The van der Waals surface area contributed by atoms with Gasteiger partial charge in [-0.3, -0.25) is 0 Å². The van der Waals surface area contributed by atoms with E-state index in [-0.39, 0.29) is 41.5 Å². The van der Waals surface area contributed by atoms with Crippen LogP contribution in [-0.4, -0.2) is 60.9 Å². The summed E-state index contributed by atoms with van der Waals surface area (Å²) in [6.45, 7) is 4.43. The number of nitrogens with zero attached hydrogens (tertiary/aromatic N) is 1. The first kappa shape index (κ1) is 23.8. The van der Waals surface area contributed by atoms with E-state index >= 15 is 0 Å². The zero-order chi connectivity index (χ0) is 20.2. The van der Waals surface area contributed by atoms with Crippen LogP contribution < -0.4 is 17.0 Å². The molecular weight excluding hydrogens is 438 g/mol. The van der Waals surface area contributed by atoms with Gasteiger partial charge in [-0.2, -0.15) is 0 Å². The van der Waals surface area contributed by atoms with E-state index in [1.807, 2.05) is 25.1 Å². The van der Waals surface area contributed by atoms with Crippen LogP contribution in [0.5, 0.6) is 0 Å². The molecule has 1 N–H and O–H groups in total. The lowest BCUT2D eigenvalue weighted by Gasteiger charge is -2.34. The fourth-order valence-corrected chi connectivity index (χ4v) is 4.81. The highest BCUT2D eigenvalue weighted by atomic mass is 79.9. The molecule has 2 aliphatic rings. The molecule has 1 aromatic carbocycles. The molecule has 1 heterocycles. The van der Waals surface area contributed by atoms with Gasteiger partial charge in [-0.25, -0.2) is 9.59 Å². The van der Waals surface area contributed by atoms with Crippen LogP contribution in [0.3, 0.4) is 0 Å².